The Morgan fingerprint density at radius 2 is 1.94 bits per heavy atom. The average molecular weight is 521 g/mol. The van der Waals surface area contributed by atoms with Crippen molar-refractivity contribution in [3.8, 4) is 0 Å². The Kier molecular flexibility index (Phi) is 7.28. The molecule has 1 aliphatic rings. The Balaban J connectivity index is 1.88. The van der Waals surface area contributed by atoms with Crippen LogP contribution in [0.1, 0.15) is 50.1 Å². The lowest BCUT2D eigenvalue weighted by atomic mass is 9.90. The Morgan fingerprint density at radius 1 is 1.30 bits per heavy atom. The predicted molar refractivity (Wildman–Crippen MR) is 124 cm³/mol. The summed E-state index contributed by atoms with van der Waals surface area (Å²) in [6.07, 6.45) is -0.825. The van der Waals surface area contributed by atoms with Gasteiger partial charge in [0.15, 0.2) is 0 Å². The lowest BCUT2D eigenvalue weighted by Crippen LogP contribution is -2.57. The Labute approximate surface area is 200 Å². The Hall–Kier alpha value is -2.72. The van der Waals surface area contributed by atoms with Crippen molar-refractivity contribution in [2.45, 2.75) is 57.7 Å². The van der Waals surface area contributed by atoms with E-state index in [9.17, 15) is 19.5 Å². The number of hydrogen-bond acceptors (Lipinski definition) is 6. The van der Waals surface area contributed by atoms with E-state index in [-0.39, 0.29) is 24.8 Å². The molecule has 4 N–H and O–H groups in total. The van der Waals surface area contributed by atoms with Crippen LogP contribution < -0.4 is 11.1 Å². The number of hydrogen-bond donors (Lipinski definition) is 3. The third kappa shape index (κ3) is 5.11. The van der Waals surface area contributed by atoms with Crippen molar-refractivity contribution in [2.75, 3.05) is 6.54 Å². The zero-order valence-corrected chi connectivity index (χ0v) is 20.6. The molecule has 1 aromatic carbocycles. The molecule has 0 radical (unpaired) electrons. The molecule has 3 amide bonds. The third-order valence-electron chi connectivity index (χ3n) is 6.04. The number of aliphatic hydroxyl groups excluding tert-OH is 1. The molecule has 1 aliphatic heterocycles. The maximum absolute atomic E-state index is 13.5. The summed E-state index contributed by atoms with van der Waals surface area (Å²) in [7, 11) is 0. The van der Waals surface area contributed by atoms with E-state index in [0.717, 1.165) is 4.47 Å². The molecule has 0 aliphatic carbocycles. The number of benzene rings is 1. The topological polar surface area (TPSA) is 139 Å². The second kappa shape index (κ2) is 9.64. The number of nitrogens with one attached hydrogen (secondary N) is 1. The number of carbonyl (C=O) groups excluding carboxylic acids is 3. The Bertz CT molecular complexity index is 1040. The van der Waals surface area contributed by atoms with Crippen molar-refractivity contribution >= 4 is 33.7 Å². The molecule has 0 bridgehead atoms. The molecule has 1 saturated heterocycles. The summed E-state index contributed by atoms with van der Waals surface area (Å²) in [6, 6.07) is 7.58. The van der Waals surface area contributed by atoms with E-state index >= 15 is 0 Å². The van der Waals surface area contributed by atoms with Crippen LogP contribution in [0.5, 0.6) is 0 Å². The van der Waals surface area contributed by atoms with Gasteiger partial charge in [0.05, 0.1) is 11.8 Å². The fourth-order valence-electron chi connectivity index (χ4n) is 4.14. The monoisotopic (exact) mass is 520 g/mol. The highest BCUT2D eigenvalue weighted by Crippen LogP contribution is 2.32. The van der Waals surface area contributed by atoms with E-state index in [2.05, 4.69) is 26.4 Å². The number of amides is 3. The predicted octanol–water partition coefficient (Wildman–Crippen LogP) is 1.96. The molecule has 0 saturated carbocycles. The van der Waals surface area contributed by atoms with Crippen LogP contribution in [-0.4, -0.2) is 51.6 Å². The molecule has 9 nitrogen and oxygen atoms in total. The van der Waals surface area contributed by atoms with Gasteiger partial charge in [-0.15, -0.1) is 0 Å². The van der Waals surface area contributed by atoms with Gasteiger partial charge in [-0.05, 0) is 37.5 Å². The number of β-amino-alcohol motifs (C(OH)–C–C–N with tert-alkyl or cyclic N) is 1. The van der Waals surface area contributed by atoms with Crippen molar-refractivity contribution < 1.29 is 24.0 Å². The Morgan fingerprint density at radius 3 is 2.45 bits per heavy atom. The smallest absolute Gasteiger partial charge is 0.247 e. The van der Waals surface area contributed by atoms with E-state index in [1.807, 2.05) is 13.8 Å². The van der Waals surface area contributed by atoms with E-state index in [0.29, 0.717) is 17.0 Å². The first-order valence-electron chi connectivity index (χ1n) is 10.7. The van der Waals surface area contributed by atoms with Crippen LogP contribution in [-0.2, 0) is 19.9 Å². The van der Waals surface area contributed by atoms with Crippen LogP contribution >= 0.6 is 15.9 Å². The van der Waals surface area contributed by atoms with Gasteiger partial charge in [-0.3, -0.25) is 14.4 Å². The molecule has 178 valence electrons. The van der Waals surface area contributed by atoms with Gasteiger partial charge in [0.2, 0.25) is 17.7 Å². The molecule has 2 aromatic rings. The zero-order valence-electron chi connectivity index (χ0n) is 19.0. The fourth-order valence-corrected chi connectivity index (χ4v) is 4.40. The number of halogens is 1. The van der Waals surface area contributed by atoms with Crippen LogP contribution in [0, 0.1) is 12.8 Å². The quantitative estimate of drug-likeness (QED) is 0.509. The summed E-state index contributed by atoms with van der Waals surface area (Å²) in [5, 5.41) is 16.9. The third-order valence-corrected chi connectivity index (χ3v) is 6.57. The van der Waals surface area contributed by atoms with Crippen LogP contribution in [0.25, 0.3) is 0 Å². The summed E-state index contributed by atoms with van der Waals surface area (Å²) in [5.74, 6) is -2.05. The average Bonchev–Trinajstić information content (AvgIpc) is 3.33. The summed E-state index contributed by atoms with van der Waals surface area (Å²) < 4.78 is 6.15. The number of aryl methyl sites for hydroxylation is 1. The summed E-state index contributed by atoms with van der Waals surface area (Å²) >= 11 is 3.34. The zero-order chi connectivity index (χ0) is 24.5. The van der Waals surface area contributed by atoms with Gasteiger partial charge in [-0.1, -0.05) is 47.1 Å². The largest absolute Gasteiger partial charge is 0.391 e. The lowest BCUT2D eigenvalue weighted by Gasteiger charge is -2.33. The van der Waals surface area contributed by atoms with Gasteiger partial charge in [-0.2, -0.15) is 0 Å². The SMILES string of the molecule is Cc1cc(C(C(=O)N2C[C@H](O)C[C@H]2C(=O)NC(C)(C(N)=O)c2ccc(Br)cc2)C(C)C)on1. The van der Waals surface area contributed by atoms with Gasteiger partial charge >= 0.3 is 0 Å². The number of nitrogens with zero attached hydrogens (tertiary/aromatic N) is 2. The van der Waals surface area contributed by atoms with Crippen molar-refractivity contribution in [2.24, 2.45) is 11.7 Å². The fraction of sp³-hybridized carbons (Fsp3) is 0.478. The van der Waals surface area contributed by atoms with Crippen LogP contribution in [0.2, 0.25) is 0 Å². The minimum Gasteiger partial charge on any atom is -0.391 e. The van der Waals surface area contributed by atoms with Crippen molar-refractivity contribution in [3.63, 3.8) is 0 Å². The molecule has 2 heterocycles. The van der Waals surface area contributed by atoms with Crippen molar-refractivity contribution in [1.29, 1.82) is 0 Å². The molecular formula is C23H29BrN4O5. The van der Waals surface area contributed by atoms with Crippen molar-refractivity contribution in [1.82, 2.24) is 15.4 Å². The van der Waals surface area contributed by atoms with Crippen LogP contribution in [0.3, 0.4) is 0 Å². The number of aromatic nitrogens is 1. The molecule has 1 fully saturated rings. The van der Waals surface area contributed by atoms with Gasteiger partial charge < -0.3 is 25.6 Å². The summed E-state index contributed by atoms with van der Waals surface area (Å²) in [4.78, 5) is 40.6. The minimum atomic E-state index is -1.50. The van der Waals surface area contributed by atoms with Crippen LogP contribution in [0.15, 0.2) is 39.3 Å². The van der Waals surface area contributed by atoms with Gasteiger partial charge in [0.1, 0.15) is 23.3 Å². The first-order valence-corrected chi connectivity index (χ1v) is 11.5. The molecule has 2 unspecified atom stereocenters. The second-order valence-electron chi connectivity index (χ2n) is 8.97. The van der Waals surface area contributed by atoms with Gasteiger partial charge in [0.25, 0.3) is 0 Å². The van der Waals surface area contributed by atoms with Crippen molar-refractivity contribution in [3.05, 3.63) is 51.8 Å². The number of nitrogens with two attached hydrogens (primary N) is 1. The normalized spacial score (nSPS) is 21.0. The number of aliphatic hydroxyl groups is 1. The number of carbonyl (C=O) groups is 3. The number of likely N-dealkylation sites (tertiary alicyclic amines) is 1. The van der Waals surface area contributed by atoms with Gasteiger partial charge in [-0.25, -0.2) is 0 Å². The standard InChI is InChI=1S/C23H29BrN4O5/c1-12(2)19(18-9-13(3)27-33-18)21(31)28-11-16(29)10-17(28)20(30)26-23(4,22(25)32)14-5-7-15(24)8-6-14/h5-9,12,16-17,19,29H,10-11H2,1-4H3,(H2,25,32)(H,26,30)/t16-,17+,19?,23?/m1/s1. The molecule has 4 atom stereocenters. The summed E-state index contributed by atoms with van der Waals surface area (Å²) in [5.41, 5.74) is 5.31. The molecule has 3 rings (SSSR count). The first kappa shape index (κ1) is 24.9. The molecule has 33 heavy (non-hydrogen) atoms. The van der Waals surface area contributed by atoms with E-state index in [1.54, 1.807) is 37.3 Å². The number of rotatable bonds is 7. The maximum Gasteiger partial charge on any atom is 0.247 e. The highest BCUT2D eigenvalue weighted by molar-refractivity contribution is 9.10. The number of primary amides is 1. The second-order valence-corrected chi connectivity index (χ2v) is 9.89. The minimum absolute atomic E-state index is 0.00116. The highest BCUT2D eigenvalue weighted by Gasteiger charge is 2.45. The molecular weight excluding hydrogens is 492 g/mol. The molecule has 1 aromatic heterocycles. The summed E-state index contributed by atoms with van der Waals surface area (Å²) in [6.45, 7) is 7.03. The lowest BCUT2D eigenvalue weighted by molar-refractivity contribution is -0.142. The first-order chi connectivity index (χ1) is 15.4. The van der Waals surface area contributed by atoms with E-state index < -0.39 is 35.4 Å². The van der Waals surface area contributed by atoms with E-state index in [1.165, 1.54) is 11.8 Å². The van der Waals surface area contributed by atoms with Crippen LogP contribution in [0.4, 0.5) is 0 Å². The van der Waals surface area contributed by atoms with E-state index in [4.69, 9.17) is 10.3 Å². The highest BCUT2D eigenvalue weighted by atomic mass is 79.9. The molecule has 0 spiro atoms. The van der Waals surface area contributed by atoms with Gasteiger partial charge in [0, 0.05) is 23.5 Å². The molecule has 10 heteroatoms. The maximum atomic E-state index is 13.5.